The van der Waals surface area contributed by atoms with Gasteiger partial charge in [-0.3, -0.25) is 19.2 Å². The standard InChI is InChI=1S/C23H36F2O3.C22H33F3O3/c1-16-17(2)21(27)19(18(3)20(16)26)12-15-22(4,28)13-10-8-6-7-9-11-14-23(5,24)25;1-15-16(2)20(27)18(17(3)19(15)26)11-14-21(4,28)12-9-7-5-6-8-10-13-22(23,24)25/h28H,6-15H2,1-5H3;28H,5-14H2,1-4H3/t22-;21-/m01/s1. The van der Waals surface area contributed by atoms with Crippen LogP contribution in [0.5, 0.6) is 0 Å². The molecule has 0 fully saturated rings. The molecule has 56 heavy (non-hydrogen) atoms. The normalized spacial score (nSPS) is 18.1. The van der Waals surface area contributed by atoms with Crippen molar-refractivity contribution in [1.82, 2.24) is 0 Å². The molecule has 0 spiro atoms. The Morgan fingerprint density at radius 3 is 0.946 bits per heavy atom. The highest BCUT2D eigenvalue weighted by molar-refractivity contribution is 6.25. The summed E-state index contributed by atoms with van der Waals surface area (Å²) < 4.78 is 61.6. The lowest BCUT2D eigenvalue weighted by atomic mass is 9.81. The Balaban J connectivity index is 0.000000560. The van der Waals surface area contributed by atoms with Gasteiger partial charge in [0.1, 0.15) is 0 Å². The SMILES string of the molecule is CC1=C(C)C(=O)C(CC[C@@](C)(O)CCCCCCCCC(C)(F)F)=C(C)C1=O.CC1=C(C)C(=O)C(CC[C@](C)(O)CCCCCCCCC(F)(F)F)=C(C)C1=O. The third kappa shape index (κ3) is 18.6. The number of allylic oxidation sites excluding steroid dienone is 8. The molecule has 0 aromatic rings. The number of rotatable bonds is 23. The zero-order chi connectivity index (χ0) is 43.1. The Bertz CT molecular complexity index is 1390. The first-order chi connectivity index (χ1) is 25.7. The van der Waals surface area contributed by atoms with E-state index in [1.54, 1.807) is 55.4 Å². The number of carbonyl (C=O) groups excluding carboxylic acids is 4. The van der Waals surface area contributed by atoms with Gasteiger partial charge < -0.3 is 10.2 Å². The number of ketones is 4. The van der Waals surface area contributed by atoms with E-state index in [0.717, 1.165) is 64.7 Å². The van der Waals surface area contributed by atoms with Crippen molar-refractivity contribution >= 4 is 23.1 Å². The molecule has 11 heteroatoms. The van der Waals surface area contributed by atoms with E-state index in [2.05, 4.69) is 0 Å². The minimum absolute atomic E-state index is 0.0492. The first-order valence-corrected chi connectivity index (χ1v) is 20.5. The second-order valence-corrected chi connectivity index (χ2v) is 16.9. The van der Waals surface area contributed by atoms with Gasteiger partial charge in [0.25, 0.3) is 0 Å². The van der Waals surface area contributed by atoms with Crippen molar-refractivity contribution in [1.29, 1.82) is 0 Å². The van der Waals surface area contributed by atoms with Gasteiger partial charge in [0.05, 0.1) is 11.2 Å². The molecule has 2 rings (SSSR count). The molecule has 320 valence electrons. The molecule has 0 saturated heterocycles. The first-order valence-electron chi connectivity index (χ1n) is 20.5. The molecule has 0 unspecified atom stereocenters. The van der Waals surface area contributed by atoms with Gasteiger partial charge >= 0.3 is 6.18 Å². The summed E-state index contributed by atoms with van der Waals surface area (Å²) in [7, 11) is 0. The zero-order valence-corrected chi connectivity index (χ0v) is 35.6. The van der Waals surface area contributed by atoms with E-state index < -0.39 is 29.7 Å². The molecule has 0 bridgehead atoms. The fourth-order valence-corrected chi connectivity index (χ4v) is 7.14. The maximum Gasteiger partial charge on any atom is 0.389 e. The summed E-state index contributed by atoms with van der Waals surface area (Å²) in [5.41, 5.74) is 2.18. The van der Waals surface area contributed by atoms with Gasteiger partial charge in [-0.25, -0.2) is 8.78 Å². The van der Waals surface area contributed by atoms with Gasteiger partial charge in [0.15, 0.2) is 23.1 Å². The summed E-state index contributed by atoms with van der Waals surface area (Å²) in [5, 5.41) is 21.2. The molecule has 6 nitrogen and oxygen atoms in total. The molecule has 2 aliphatic carbocycles. The highest BCUT2D eigenvalue weighted by Crippen LogP contribution is 2.32. The Morgan fingerprint density at radius 1 is 0.375 bits per heavy atom. The number of hydrogen-bond donors (Lipinski definition) is 2. The van der Waals surface area contributed by atoms with E-state index in [-0.39, 0.29) is 36.0 Å². The number of aliphatic hydroxyl groups is 2. The molecule has 0 saturated carbocycles. The minimum atomic E-state index is -4.07. The molecule has 0 radical (unpaired) electrons. The Morgan fingerprint density at radius 2 is 0.643 bits per heavy atom. The Kier molecular flexibility index (Phi) is 21.0. The van der Waals surface area contributed by atoms with Crippen LogP contribution in [0.3, 0.4) is 0 Å². The molecule has 0 aliphatic heterocycles. The number of unbranched alkanes of at least 4 members (excludes halogenated alkanes) is 10. The van der Waals surface area contributed by atoms with Gasteiger partial charge in [0.2, 0.25) is 5.92 Å². The van der Waals surface area contributed by atoms with Gasteiger partial charge in [-0.1, -0.05) is 64.2 Å². The summed E-state index contributed by atoms with van der Waals surface area (Å²) in [5.74, 6) is -2.93. The van der Waals surface area contributed by atoms with Crippen LogP contribution in [0, 0.1) is 0 Å². The lowest BCUT2D eigenvalue weighted by Gasteiger charge is -2.25. The van der Waals surface area contributed by atoms with E-state index in [9.17, 15) is 51.3 Å². The summed E-state index contributed by atoms with van der Waals surface area (Å²) in [4.78, 5) is 49.3. The van der Waals surface area contributed by atoms with E-state index in [0.29, 0.717) is 96.0 Å². The number of hydrogen-bond acceptors (Lipinski definition) is 6. The molecule has 0 amide bonds. The molecule has 2 aliphatic rings. The fraction of sp³-hybridized carbons (Fsp3) is 0.733. The van der Waals surface area contributed by atoms with Crippen LogP contribution in [-0.4, -0.2) is 56.6 Å². The van der Waals surface area contributed by atoms with Crippen LogP contribution in [0.1, 0.15) is 191 Å². The van der Waals surface area contributed by atoms with Crippen LogP contribution >= 0.6 is 0 Å². The van der Waals surface area contributed by atoms with Gasteiger partial charge in [-0.05, 0) is 114 Å². The zero-order valence-electron chi connectivity index (χ0n) is 35.6. The van der Waals surface area contributed by atoms with Crippen molar-refractivity contribution in [3.63, 3.8) is 0 Å². The van der Waals surface area contributed by atoms with Crippen LogP contribution in [0.4, 0.5) is 22.0 Å². The van der Waals surface area contributed by atoms with Crippen LogP contribution in [0.25, 0.3) is 0 Å². The first kappa shape index (κ1) is 51.2. The largest absolute Gasteiger partial charge is 0.390 e. The summed E-state index contributed by atoms with van der Waals surface area (Å²) in [6.07, 6.45) is 7.10. The molecular formula is C45H69F5O6. The highest BCUT2D eigenvalue weighted by Gasteiger charge is 2.31. The molecule has 0 aromatic heterocycles. The topological polar surface area (TPSA) is 109 Å². The van der Waals surface area contributed by atoms with E-state index >= 15 is 0 Å². The van der Waals surface area contributed by atoms with E-state index in [4.69, 9.17) is 0 Å². The summed E-state index contributed by atoms with van der Waals surface area (Å²) >= 11 is 0. The van der Waals surface area contributed by atoms with E-state index in [1.165, 1.54) is 0 Å². The number of carbonyl (C=O) groups is 4. The second-order valence-electron chi connectivity index (χ2n) is 16.9. The predicted molar refractivity (Wildman–Crippen MR) is 212 cm³/mol. The van der Waals surface area contributed by atoms with Crippen LogP contribution in [-0.2, 0) is 19.2 Å². The van der Waals surface area contributed by atoms with Crippen molar-refractivity contribution in [3.05, 3.63) is 44.6 Å². The third-order valence-electron chi connectivity index (χ3n) is 11.5. The Hall–Kier alpha value is -2.79. The number of alkyl halides is 5. The smallest absolute Gasteiger partial charge is 0.389 e. The number of Topliss-reactive ketones (excluding diaryl/α,β-unsaturated/α-hetero) is 4. The monoisotopic (exact) mass is 801 g/mol. The van der Waals surface area contributed by atoms with Crippen molar-refractivity contribution in [3.8, 4) is 0 Å². The van der Waals surface area contributed by atoms with Crippen LogP contribution in [0.2, 0.25) is 0 Å². The van der Waals surface area contributed by atoms with Crippen molar-refractivity contribution < 1.29 is 51.3 Å². The highest BCUT2D eigenvalue weighted by atomic mass is 19.4. The van der Waals surface area contributed by atoms with Crippen LogP contribution < -0.4 is 0 Å². The van der Waals surface area contributed by atoms with Crippen LogP contribution in [0.15, 0.2) is 44.6 Å². The van der Waals surface area contributed by atoms with E-state index in [1.807, 2.05) is 0 Å². The molecule has 0 aromatic carbocycles. The van der Waals surface area contributed by atoms with Gasteiger partial charge in [-0.2, -0.15) is 13.2 Å². The Labute approximate surface area is 332 Å². The number of halogens is 5. The van der Waals surface area contributed by atoms with Gasteiger partial charge in [-0.15, -0.1) is 0 Å². The quantitative estimate of drug-likeness (QED) is 0.0605. The average Bonchev–Trinajstić information content (AvgIpc) is 3.09. The molecule has 2 atom stereocenters. The summed E-state index contributed by atoms with van der Waals surface area (Å²) in [6.45, 7) is 14.5. The predicted octanol–water partition coefficient (Wildman–Crippen LogP) is 12.1. The van der Waals surface area contributed by atoms with Crippen molar-refractivity contribution in [2.45, 2.75) is 214 Å². The average molecular weight is 801 g/mol. The molecular weight excluding hydrogens is 731 g/mol. The van der Waals surface area contributed by atoms with Gasteiger partial charge in [0, 0.05) is 57.4 Å². The lowest BCUT2D eigenvalue weighted by Crippen LogP contribution is -2.26. The maximum atomic E-state index is 12.7. The van der Waals surface area contributed by atoms with Crippen molar-refractivity contribution in [2.24, 2.45) is 0 Å². The lowest BCUT2D eigenvalue weighted by molar-refractivity contribution is -0.135. The maximum absolute atomic E-state index is 12.7. The second kappa shape index (κ2) is 23.0. The molecule has 0 heterocycles. The summed E-state index contributed by atoms with van der Waals surface area (Å²) in [6, 6.07) is 0. The third-order valence-corrected chi connectivity index (χ3v) is 11.5. The van der Waals surface area contributed by atoms with Crippen molar-refractivity contribution in [2.75, 3.05) is 0 Å². The minimum Gasteiger partial charge on any atom is -0.390 e. The fourth-order valence-electron chi connectivity index (χ4n) is 7.14. The molecule has 2 N–H and O–H groups in total.